The van der Waals surface area contributed by atoms with Crippen LogP contribution in [0.4, 0.5) is 18.9 Å². The Morgan fingerprint density at radius 1 is 1.29 bits per heavy atom. The molecule has 0 aliphatic heterocycles. The molecule has 1 heterocycles. The Hall–Kier alpha value is -2.51. The molecular formula is C16H18F3N3O2. The first-order valence-electron chi connectivity index (χ1n) is 7.44. The Morgan fingerprint density at radius 2 is 1.96 bits per heavy atom. The number of anilines is 1. The highest BCUT2D eigenvalue weighted by atomic mass is 19.4. The molecule has 1 aromatic carbocycles. The van der Waals surface area contributed by atoms with Gasteiger partial charge in [-0.15, -0.1) is 0 Å². The van der Waals surface area contributed by atoms with E-state index in [0.29, 0.717) is 17.9 Å². The van der Waals surface area contributed by atoms with Crippen LogP contribution in [0, 0.1) is 0 Å². The van der Waals surface area contributed by atoms with Crippen molar-refractivity contribution in [3.05, 3.63) is 47.8 Å². The number of nitrogens with zero attached hydrogens (tertiary/aromatic N) is 2. The number of ether oxygens (including phenoxy) is 1. The van der Waals surface area contributed by atoms with Gasteiger partial charge in [0.05, 0.1) is 18.2 Å². The van der Waals surface area contributed by atoms with Crippen molar-refractivity contribution >= 4 is 11.7 Å². The summed E-state index contributed by atoms with van der Waals surface area (Å²) in [5.74, 6) is -0.462. The molecule has 24 heavy (non-hydrogen) atoms. The number of aromatic nitrogens is 2. The van der Waals surface area contributed by atoms with E-state index >= 15 is 0 Å². The average Bonchev–Trinajstić information content (AvgIpc) is 3.02. The van der Waals surface area contributed by atoms with E-state index in [1.165, 1.54) is 23.0 Å². The third-order valence-corrected chi connectivity index (χ3v) is 3.39. The zero-order valence-corrected chi connectivity index (χ0v) is 13.3. The number of hydrogen-bond acceptors (Lipinski definition) is 4. The molecular weight excluding hydrogens is 323 g/mol. The first kappa shape index (κ1) is 17.8. The van der Waals surface area contributed by atoms with Crippen LogP contribution in [0.5, 0.6) is 0 Å². The molecule has 0 unspecified atom stereocenters. The highest BCUT2D eigenvalue weighted by molar-refractivity contribution is 5.87. The molecule has 2 aromatic rings. The molecule has 1 aromatic heterocycles. The van der Waals surface area contributed by atoms with Crippen molar-refractivity contribution in [1.29, 1.82) is 0 Å². The number of benzene rings is 1. The second-order valence-corrected chi connectivity index (χ2v) is 5.19. The summed E-state index contributed by atoms with van der Waals surface area (Å²) in [4.78, 5) is 11.8. The van der Waals surface area contributed by atoms with Crippen LogP contribution >= 0.6 is 0 Å². The predicted octanol–water partition coefficient (Wildman–Crippen LogP) is 3.75. The van der Waals surface area contributed by atoms with Gasteiger partial charge in [-0.05, 0) is 44.2 Å². The summed E-state index contributed by atoms with van der Waals surface area (Å²) in [6.45, 7) is 4.21. The molecule has 0 amide bonds. The third kappa shape index (κ3) is 4.27. The van der Waals surface area contributed by atoms with Gasteiger partial charge in [0.1, 0.15) is 5.69 Å². The molecule has 0 saturated heterocycles. The largest absolute Gasteiger partial charge is 0.461 e. The fourth-order valence-electron chi connectivity index (χ4n) is 2.16. The number of halogens is 3. The van der Waals surface area contributed by atoms with Gasteiger partial charge in [0.2, 0.25) is 0 Å². The topological polar surface area (TPSA) is 56.1 Å². The maximum atomic E-state index is 12.5. The number of hydrogen-bond donors (Lipinski definition) is 1. The van der Waals surface area contributed by atoms with E-state index in [1.54, 1.807) is 13.0 Å². The highest BCUT2D eigenvalue weighted by Crippen LogP contribution is 2.29. The molecule has 0 aliphatic carbocycles. The van der Waals surface area contributed by atoms with Crippen molar-refractivity contribution in [3.8, 4) is 0 Å². The van der Waals surface area contributed by atoms with Crippen molar-refractivity contribution in [2.75, 3.05) is 18.5 Å². The van der Waals surface area contributed by atoms with E-state index in [1.807, 2.05) is 6.92 Å². The zero-order chi connectivity index (χ0) is 17.7. The number of alkyl halides is 3. The van der Waals surface area contributed by atoms with Gasteiger partial charge in [-0.25, -0.2) is 4.79 Å². The molecule has 0 saturated carbocycles. The number of esters is 1. The van der Waals surface area contributed by atoms with Crippen molar-refractivity contribution in [2.24, 2.45) is 0 Å². The normalized spacial score (nSPS) is 12.7. The number of carbonyl (C=O) groups is 1. The van der Waals surface area contributed by atoms with Crippen LogP contribution in [-0.4, -0.2) is 28.9 Å². The Bertz CT molecular complexity index is 681. The van der Waals surface area contributed by atoms with E-state index in [0.717, 1.165) is 12.1 Å². The fraction of sp³-hybridized carbons (Fsp3) is 0.375. The number of nitrogens with one attached hydrogen (secondary N) is 1. The third-order valence-electron chi connectivity index (χ3n) is 3.39. The molecule has 5 nitrogen and oxygen atoms in total. The van der Waals surface area contributed by atoms with Crippen molar-refractivity contribution in [2.45, 2.75) is 26.1 Å². The molecule has 1 N–H and O–H groups in total. The summed E-state index contributed by atoms with van der Waals surface area (Å²) in [6.07, 6.45) is -2.85. The van der Waals surface area contributed by atoms with Crippen LogP contribution in [0.1, 0.15) is 35.9 Å². The summed E-state index contributed by atoms with van der Waals surface area (Å²) in [7, 11) is 0. The minimum Gasteiger partial charge on any atom is -0.461 e. The molecule has 0 fully saturated rings. The quantitative estimate of drug-likeness (QED) is 0.813. The second-order valence-electron chi connectivity index (χ2n) is 5.19. The smallest absolute Gasteiger partial charge is 0.416 e. The lowest BCUT2D eigenvalue weighted by Crippen LogP contribution is -2.22. The maximum absolute atomic E-state index is 12.5. The van der Waals surface area contributed by atoms with Gasteiger partial charge < -0.3 is 10.1 Å². The molecule has 0 spiro atoms. The number of carbonyl (C=O) groups excluding carboxylic acids is 1. The molecule has 130 valence electrons. The summed E-state index contributed by atoms with van der Waals surface area (Å²) >= 11 is 0. The maximum Gasteiger partial charge on any atom is 0.416 e. The standard InChI is InChI=1S/C16H18F3N3O2/c1-3-24-15(23)14-8-9-21-22(14)11(2)10-20-13-6-4-12(5-7-13)16(17,18)19/h4-9,11,20H,3,10H2,1-2H3/t11-/m0/s1. The Kier molecular flexibility index (Phi) is 5.48. The summed E-state index contributed by atoms with van der Waals surface area (Å²) in [5, 5.41) is 7.13. The average molecular weight is 341 g/mol. The zero-order valence-electron chi connectivity index (χ0n) is 13.3. The number of rotatable bonds is 6. The van der Waals surface area contributed by atoms with Crippen molar-refractivity contribution in [1.82, 2.24) is 9.78 Å². The summed E-state index contributed by atoms with van der Waals surface area (Å²) in [5.41, 5.74) is 0.191. The van der Waals surface area contributed by atoms with Gasteiger partial charge in [0, 0.05) is 18.4 Å². The summed E-state index contributed by atoms with van der Waals surface area (Å²) in [6, 6.07) is 6.14. The molecule has 2 rings (SSSR count). The first-order chi connectivity index (χ1) is 11.3. The first-order valence-corrected chi connectivity index (χ1v) is 7.44. The molecule has 0 aliphatic rings. The Labute approximate surface area is 137 Å². The van der Waals surface area contributed by atoms with E-state index in [9.17, 15) is 18.0 Å². The Morgan fingerprint density at radius 3 is 2.54 bits per heavy atom. The van der Waals surface area contributed by atoms with Crippen LogP contribution in [0.25, 0.3) is 0 Å². The van der Waals surface area contributed by atoms with Gasteiger partial charge >= 0.3 is 12.1 Å². The molecule has 1 atom stereocenters. The molecule has 0 bridgehead atoms. The van der Waals surface area contributed by atoms with E-state index in [2.05, 4.69) is 10.4 Å². The lowest BCUT2D eigenvalue weighted by atomic mass is 10.2. The van der Waals surface area contributed by atoms with E-state index < -0.39 is 17.7 Å². The van der Waals surface area contributed by atoms with Gasteiger partial charge in [-0.3, -0.25) is 4.68 Å². The fourth-order valence-corrected chi connectivity index (χ4v) is 2.16. The highest BCUT2D eigenvalue weighted by Gasteiger charge is 2.29. The van der Waals surface area contributed by atoms with E-state index in [-0.39, 0.29) is 12.6 Å². The lowest BCUT2D eigenvalue weighted by molar-refractivity contribution is -0.137. The van der Waals surface area contributed by atoms with Crippen LogP contribution < -0.4 is 5.32 Å². The van der Waals surface area contributed by atoms with Crippen LogP contribution in [-0.2, 0) is 10.9 Å². The SMILES string of the molecule is CCOC(=O)c1ccnn1[C@@H](C)CNc1ccc(C(F)(F)F)cc1. The van der Waals surface area contributed by atoms with E-state index in [4.69, 9.17) is 4.74 Å². The predicted molar refractivity (Wildman–Crippen MR) is 82.8 cm³/mol. The Balaban J connectivity index is 2.00. The van der Waals surface area contributed by atoms with Crippen molar-refractivity contribution in [3.63, 3.8) is 0 Å². The lowest BCUT2D eigenvalue weighted by Gasteiger charge is -2.17. The van der Waals surface area contributed by atoms with Gasteiger partial charge in [0.15, 0.2) is 0 Å². The molecule has 8 heteroatoms. The van der Waals surface area contributed by atoms with Gasteiger partial charge in [-0.2, -0.15) is 18.3 Å². The molecule has 0 radical (unpaired) electrons. The monoisotopic (exact) mass is 341 g/mol. The van der Waals surface area contributed by atoms with Gasteiger partial charge in [0.25, 0.3) is 0 Å². The van der Waals surface area contributed by atoms with Gasteiger partial charge in [-0.1, -0.05) is 0 Å². The minimum atomic E-state index is -4.35. The van der Waals surface area contributed by atoms with Crippen LogP contribution in [0.3, 0.4) is 0 Å². The minimum absolute atomic E-state index is 0.193. The van der Waals surface area contributed by atoms with Crippen molar-refractivity contribution < 1.29 is 22.7 Å². The second kappa shape index (κ2) is 7.37. The summed E-state index contributed by atoms with van der Waals surface area (Å²) < 4.78 is 44.1. The van der Waals surface area contributed by atoms with Crippen LogP contribution in [0.15, 0.2) is 36.5 Å². The van der Waals surface area contributed by atoms with Crippen LogP contribution in [0.2, 0.25) is 0 Å².